The summed E-state index contributed by atoms with van der Waals surface area (Å²) in [4.78, 5) is 11.5. The van der Waals surface area contributed by atoms with E-state index in [1.807, 2.05) is 20.8 Å². The lowest BCUT2D eigenvalue weighted by Gasteiger charge is -2.11. The minimum Gasteiger partial charge on any atom is -0.484 e. The van der Waals surface area contributed by atoms with E-state index >= 15 is 0 Å². The van der Waals surface area contributed by atoms with E-state index in [0.29, 0.717) is 24.6 Å². The van der Waals surface area contributed by atoms with Gasteiger partial charge in [-0.2, -0.15) is 0 Å². The Labute approximate surface area is 119 Å². The van der Waals surface area contributed by atoms with Crippen molar-refractivity contribution in [2.45, 2.75) is 33.2 Å². The number of nitrogens with two attached hydrogens (primary N) is 1. The highest BCUT2D eigenvalue weighted by Crippen LogP contribution is 2.17. The molecule has 3 N–H and O–H groups in total. The Balaban J connectivity index is 2.54. The van der Waals surface area contributed by atoms with Crippen LogP contribution in [0.3, 0.4) is 0 Å². The molecule has 0 aliphatic heterocycles. The van der Waals surface area contributed by atoms with Gasteiger partial charge in [0.15, 0.2) is 6.61 Å². The van der Waals surface area contributed by atoms with Gasteiger partial charge in [-0.3, -0.25) is 4.79 Å². The van der Waals surface area contributed by atoms with Gasteiger partial charge in [-0.15, -0.1) is 0 Å². The van der Waals surface area contributed by atoms with E-state index in [-0.39, 0.29) is 24.4 Å². The van der Waals surface area contributed by atoms with E-state index in [1.165, 1.54) is 12.1 Å². The molecule has 0 saturated heterocycles. The minimum absolute atomic E-state index is 0.0565. The van der Waals surface area contributed by atoms with Crippen LogP contribution in [0.25, 0.3) is 0 Å². The predicted molar refractivity (Wildman–Crippen MR) is 77.1 cm³/mol. The maximum atomic E-state index is 13.4. The number of ether oxygens (including phenoxy) is 1. The highest BCUT2D eigenvalue weighted by Gasteiger charge is 2.07. The standard InChI is InChI=1S/C15H23FN2O2/c1-10(2)8-18-15(19)9-20-14-6-12(4-11(3)17)5-13(16)7-14/h5-7,10-11H,4,8-9,17H2,1-3H3,(H,18,19). The van der Waals surface area contributed by atoms with Gasteiger partial charge in [0, 0.05) is 18.7 Å². The number of benzene rings is 1. The Kier molecular flexibility index (Phi) is 6.45. The molecule has 1 rings (SSSR count). The monoisotopic (exact) mass is 282 g/mol. The smallest absolute Gasteiger partial charge is 0.257 e. The summed E-state index contributed by atoms with van der Waals surface area (Å²) in [6.07, 6.45) is 0.563. The van der Waals surface area contributed by atoms with Crippen molar-refractivity contribution in [1.29, 1.82) is 0 Å². The SMILES string of the molecule is CC(C)CNC(=O)COc1cc(F)cc(CC(C)N)c1. The first-order valence-corrected chi connectivity index (χ1v) is 6.81. The Morgan fingerprint density at radius 3 is 2.65 bits per heavy atom. The topological polar surface area (TPSA) is 64.3 Å². The molecule has 0 radical (unpaired) electrons. The summed E-state index contributed by atoms with van der Waals surface area (Å²) in [5.74, 6) is 0.128. The molecule has 1 aromatic carbocycles. The van der Waals surface area contributed by atoms with Crippen molar-refractivity contribution in [3.8, 4) is 5.75 Å². The number of carbonyl (C=O) groups excluding carboxylic acids is 1. The van der Waals surface area contributed by atoms with Crippen LogP contribution in [0.4, 0.5) is 4.39 Å². The molecule has 1 aromatic rings. The second-order valence-corrected chi connectivity index (χ2v) is 5.46. The van der Waals surface area contributed by atoms with Crippen LogP contribution in [-0.4, -0.2) is 25.1 Å². The van der Waals surface area contributed by atoms with Crippen molar-refractivity contribution in [2.75, 3.05) is 13.2 Å². The van der Waals surface area contributed by atoms with Crippen molar-refractivity contribution in [3.63, 3.8) is 0 Å². The summed E-state index contributed by atoms with van der Waals surface area (Å²) in [7, 11) is 0. The zero-order valence-electron chi connectivity index (χ0n) is 12.3. The number of amides is 1. The molecule has 0 aliphatic carbocycles. The van der Waals surface area contributed by atoms with Crippen LogP contribution in [0.5, 0.6) is 5.75 Å². The molecule has 0 spiro atoms. The lowest BCUT2D eigenvalue weighted by molar-refractivity contribution is -0.123. The molecule has 112 valence electrons. The molecular formula is C15H23FN2O2. The van der Waals surface area contributed by atoms with Crippen LogP contribution in [0.1, 0.15) is 26.3 Å². The van der Waals surface area contributed by atoms with Crippen molar-refractivity contribution in [1.82, 2.24) is 5.32 Å². The third-order valence-electron chi connectivity index (χ3n) is 2.57. The van der Waals surface area contributed by atoms with E-state index in [1.54, 1.807) is 6.07 Å². The molecular weight excluding hydrogens is 259 g/mol. The summed E-state index contributed by atoms with van der Waals surface area (Å²) < 4.78 is 18.7. The van der Waals surface area contributed by atoms with Crippen LogP contribution >= 0.6 is 0 Å². The number of carbonyl (C=O) groups is 1. The van der Waals surface area contributed by atoms with Gasteiger partial charge in [-0.25, -0.2) is 4.39 Å². The second-order valence-electron chi connectivity index (χ2n) is 5.46. The van der Waals surface area contributed by atoms with Gasteiger partial charge in [0.05, 0.1) is 0 Å². The maximum absolute atomic E-state index is 13.4. The van der Waals surface area contributed by atoms with Crippen molar-refractivity contribution in [2.24, 2.45) is 11.7 Å². The molecule has 0 aromatic heterocycles. The highest BCUT2D eigenvalue weighted by molar-refractivity contribution is 5.77. The van der Waals surface area contributed by atoms with Crippen molar-refractivity contribution in [3.05, 3.63) is 29.6 Å². The Hall–Kier alpha value is -1.62. The number of nitrogens with one attached hydrogen (secondary N) is 1. The predicted octanol–water partition coefficient (Wildman–Crippen LogP) is 1.87. The Morgan fingerprint density at radius 1 is 1.35 bits per heavy atom. The minimum atomic E-state index is -0.388. The van der Waals surface area contributed by atoms with E-state index < -0.39 is 0 Å². The zero-order chi connectivity index (χ0) is 15.1. The summed E-state index contributed by atoms with van der Waals surface area (Å²) in [6.45, 7) is 6.35. The first kappa shape index (κ1) is 16.4. The van der Waals surface area contributed by atoms with Gasteiger partial charge in [0.1, 0.15) is 11.6 Å². The lowest BCUT2D eigenvalue weighted by Crippen LogP contribution is -2.31. The quantitative estimate of drug-likeness (QED) is 0.802. The van der Waals surface area contributed by atoms with Gasteiger partial charge in [-0.05, 0) is 37.0 Å². The first-order chi connectivity index (χ1) is 9.36. The largest absolute Gasteiger partial charge is 0.484 e. The molecule has 0 aliphatic rings. The molecule has 0 bridgehead atoms. The summed E-state index contributed by atoms with van der Waals surface area (Å²) in [5.41, 5.74) is 6.45. The van der Waals surface area contributed by atoms with Gasteiger partial charge in [0.25, 0.3) is 5.91 Å². The van der Waals surface area contributed by atoms with Crippen LogP contribution in [0.2, 0.25) is 0 Å². The fourth-order valence-corrected chi connectivity index (χ4v) is 1.71. The van der Waals surface area contributed by atoms with Gasteiger partial charge in [0.2, 0.25) is 0 Å². The van der Waals surface area contributed by atoms with Gasteiger partial charge >= 0.3 is 0 Å². The fourth-order valence-electron chi connectivity index (χ4n) is 1.71. The van der Waals surface area contributed by atoms with Gasteiger partial charge in [-0.1, -0.05) is 13.8 Å². The lowest BCUT2D eigenvalue weighted by atomic mass is 10.1. The second kappa shape index (κ2) is 7.85. The fraction of sp³-hybridized carbons (Fsp3) is 0.533. The van der Waals surface area contributed by atoms with Crippen molar-refractivity contribution >= 4 is 5.91 Å². The van der Waals surface area contributed by atoms with Crippen LogP contribution in [-0.2, 0) is 11.2 Å². The third-order valence-corrected chi connectivity index (χ3v) is 2.57. The summed E-state index contributed by atoms with van der Waals surface area (Å²) >= 11 is 0. The average molecular weight is 282 g/mol. The number of rotatable bonds is 7. The summed E-state index contributed by atoms with van der Waals surface area (Å²) in [5, 5.41) is 2.74. The molecule has 4 nitrogen and oxygen atoms in total. The third kappa shape index (κ3) is 6.52. The summed E-state index contributed by atoms with van der Waals surface area (Å²) in [6, 6.07) is 4.34. The molecule has 0 fully saturated rings. The maximum Gasteiger partial charge on any atom is 0.257 e. The molecule has 5 heteroatoms. The normalized spacial score (nSPS) is 12.3. The van der Waals surface area contributed by atoms with E-state index in [2.05, 4.69) is 5.32 Å². The Bertz CT molecular complexity index is 447. The molecule has 0 heterocycles. The molecule has 20 heavy (non-hydrogen) atoms. The molecule has 1 atom stereocenters. The average Bonchev–Trinajstić information content (AvgIpc) is 2.32. The van der Waals surface area contributed by atoms with E-state index in [0.717, 1.165) is 5.56 Å². The number of hydrogen-bond donors (Lipinski definition) is 2. The molecule has 1 unspecified atom stereocenters. The molecule has 0 saturated carbocycles. The zero-order valence-corrected chi connectivity index (χ0v) is 12.3. The number of halogens is 1. The van der Waals surface area contributed by atoms with Crippen LogP contribution < -0.4 is 15.8 Å². The van der Waals surface area contributed by atoms with Gasteiger partial charge < -0.3 is 15.8 Å². The van der Waals surface area contributed by atoms with Crippen molar-refractivity contribution < 1.29 is 13.9 Å². The highest BCUT2D eigenvalue weighted by atomic mass is 19.1. The van der Waals surface area contributed by atoms with Crippen LogP contribution in [0.15, 0.2) is 18.2 Å². The van der Waals surface area contributed by atoms with Crippen LogP contribution in [0, 0.1) is 11.7 Å². The first-order valence-electron chi connectivity index (χ1n) is 6.81. The number of hydrogen-bond acceptors (Lipinski definition) is 3. The Morgan fingerprint density at radius 2 is 2.05 bits per heavy atom. The molecule has 1 amide bonds. The van der Waals surface area contributed by atoms with E-state index in [4.69, 9.17) is 10.5 Å². The van der Waals surface area contributed by atoms with E-state index in [9.17, 15) is 9.18 Å².